The van der Waals surface area contributed by atoms with Crippen molar-refractivity contribution in [3.05, 3.63) is 40.9 Å². The van der Waals surface area contributed by atoms with Gasteiger partial charge in [0.2, 0.25) is 5.91 Å². The van der Waals surface area contributed by atoms with Crippen LogP contribution in [-0.2, 0) is 4.79 Å². The number of carbonyl (C=O) groups excluding carboxylic acids is 1. The van der Waals surface area contributed by atoms with Gasteiger partial charge in [-0.25, -0.2) is 4.98 Å². The van der Waals surface area contributed by atoms with Crippen molar-refractivity contribution < 1.29 is 4.79 Å². The van der Waals surface area contributed by atoms with E-state index in [0.717, 1.165) is 15.7 Å². The molecule has 1 aliphatic carbocycles. The summed E-state index contributed by atoms with van der Waals surface area (Å²) in [5.41, 5.74) is 2.37. The molecule has 3 nitrogen and oxygen atoms in total. The first-order valence-electron chi connectivity index (χ1n) is 6.65. The number of thiazole rings is 1. The predicted molar refractivity (Wildman–Crippen MR) is 84.6 cm³/mol. The van der Waals surface area contributed by atoms with E-state index in [2.05, 4.69) is 34.7 Å². The highest BCUT2D eigenvalue weighted by molar-refractivity contribution is 8.00. The third-order valence-corrected chi connectivity index (χ3v) is 4.94. The molecule has 0 aliphatic heterocycles. The normalized spacial score (nSPS) is 14.2. The first-order chi connectivity index (χ1) is 9.70. The Morgan fingerprint density at radius 2 is 2.15 bits per heavy atom. The molecule has 1 saturated carbocycles. The van der Waals surface area contributed by atoms with Crippen LogP contribution in [0, 0.1) is 6.92 Å². The summed E-state index contributed by atoms with van der Waals surface area (Å²) in [7, 11) is 0. The largest absolute Gasteiger partial charge is 0.301 e. The molecule has 0 saturated heterocycles. The van der Waals surface area contributed by atoms with Crippen molar-refractivity contribution in [1.29, 1.82) is 0 Å². The fraction of sp³-hybridized carbons (Fsp3) is 0.333. The van der Waals surface area contributed by atoms with Crippen LogP contribution in [0.15, 0.2) is 34.5 Å². The van der Waals surface area contributed by atoms with Crippen molar-refractivity contribution in [2.45, 2.75) is 30.6 Å². The SMILES string of the molecule is Cc1ccc(SCC(=O)Nc2nc(C3CC3)cs2)cc1. The molecule has 1 aromatic heterocycles. The third-order valence-electron chi connectivity index (χ3n) is 3.15. The molecule has 20 heavy (non-hydrogen) atoms. The number of anilines is 1. The average Bonchev–Trinajstić information content (AvgIpc) is 3.19. The fourth-order valence-electron chi connectivity index (χ4n) is 1.85. The number of hydrogen-bond acceptors (Lipinski definition) is 4. The van der Waals surface area contributed by atoms with Gasteiger partial charge in [-0.1, -0.05) is 17.7 Å². The van der Waals surface area contributed by atoms with Gasteiger partial charge in [0.1, 0.15) is 0 Å². The molecular formula is C15H16N2OS2. The molecule has 0 bridgehead atoms. The lowest BCUT2D eigenvalue weighted by Gasteiger charge is -2.02. The molecule has 1 heterocycles. The lowest BCUT2D eigenvalue weighted by atomic mass is 10.2. The second kappa shape index (κ2) is 5.97. The topological polar surface area (TPSA) is 42.0 Å². The molecule has 1 amide bonds. The minimum Gasteiger partial charge on any atom is -0.301 e. The van der Waals surface area contributed by atoms with Crippen molar-refractivity contribution in [3.63, 3.8) is 0 Å². The van der Waals surface area contributed by atoms with Crippen LogP contribution in [0.25, 0.3) is 0 Å². The van der Waals surface area contributed by atoms with Gasteiger partial charge >= 0.3 is 0 Å². The average molecular weight is 304 g/mol. The van der Waals surface area contributed by atoms with E-state index in [1.807, 2.05) is 12.1 Å². The van der Waals surface area contributed by atoms with Gasteiger partial charge in [-0.2, -0.15) is 0 Å². The zero-order valence-corrected chi connectivity index (χ0v) is 12.9. The van der Waals surface area contributed by atoms with Gasteiger partial charge in [0.05, 0.1) is 11.4 Å². The van der Waals surface area contributed by atoms with Gasteiger partial charge in [0, 0.05) is 16.2 Å². The summed E-state index contributed by atoms with van der Waals surface area (Å²) in [6, 6.07) is 8.20. The molecule has 1 aliphatic rings. The van der Waals surface area contributed by atoms with Crippen LogP contribution in [0.2, 0.25) is 0 Å². The predicted octanol–water partition coefficient (Wildman–Crippen LogP) is 4.06. The van der Waals surface area contributed by atoms with E-state index in [1.165, 1.54) is 29.7 Å². The summed E-state index contributed by atoms with van der Waals surface area (Å²) in [6.45, 7) is 2.06. The molecule has 0 spiro atoms. The van der Waals surface area contributed by atoms with Crippen molar-refractivity contribution >= 4 is 34.1 Å². The number of carbonyl (C=O) groups is 1. The number of nitrogens with one attached hydrogen (secondary N) is 1. The molecule has 5 heteroatoms. The summed E-state index contributed by atoms with van der Waals surface area (Å²) in [4.78, 5) is 17.5. The van der Waals surface area contributed by atoms with Crippen LogP contribution in [0.4, 0.5) is 5.13 Å². The van der Waals surface area contributed by atoms with E-state index in [0.29, 0.717) is 11.7 Å². The van der Waals surface area contributed by atoms with E-state index in [4.69, 9.17) is 0 Å². The number of amides is 1. The molecule has 1 aromatic carbocycles. The van der Waals surface area contributed by atoms with Crippen molar-refractivity contribution in [3.8, 4) is 0 Å². The standard InChI is InChI=1S/C15H16N2OS2/c1-10-2-6-12(7-3-10)19-9-14(18)17-15-16-13(8-20-15)11-4-5-11/h2-3,6-8,11H,4-5,9H2,1H3,(H,16,17,18). The molecule has 1 N–H and O–H groups in total. The summed E-state index contributed by atoms with van der Waals surface area (Å²) in [6.07, 6.45) is 2.47. The Morgan fingerprint density at radius 1 is 1.40 bits per heavy atom. The highest BCUT2D eigenvalue weighted by Gasteiger charge is 2.26. The summed E-state index contributed by atoms with van der Waals surface area (Å²) < 4.78 is 0. The number of rotatable bonds is 5. The quantitative estimate of drug-likeness (QED) is 0.847. The summed E-state index contributed by atoms with van der Waals surface area (Å²) in [5.74, 6) is 1.06. The van der Waals surface area contributed by atoms with Crippen molar-refractivity contribution in [2.75, 3.05) is 11.1 Å². The molecular weight excluding hydrogens is 288 g/mol. The Bertz CT molecular complexity index is 603. The smallest absolute Gasteiger partial charge is 0.236 e. The number of aryl methyl sites for hydroxylation is 1. The van der Waals surface area contributed by atoms with Gasteiger partial charge in [-0.05, 0) is 31.9 Å². The number of nitrogens with zero attached hydrogens (tertiary/aromatic N) is 1. The second-order valence-electron chi connectivity index (χ2n) is 5.00. The van der Waals surface area contributed by atoms with Crippen LogP contribution < -0.4 is 5.32 Å². The maximum atomic E-state index is 11.9. The van der Waals surface area contributed by atoms with E-state index in [-0.39, 0.29) is 5.91 Å². The first kappa shape index (κ1) is 13.6. The van der Waals surface area contributed by atoms with E-state index >= 15 is 0 Å². The van der Waals surface area contributed by atoms with Gasteiger partial charge in [0.25, 0.3) is 0 Å². The molecule has 0 atom stereocenters. The van der Waals surface area contributed by atoms with Gasteiger partial charge in [0.15, 0.2) is 5.13 Å². The molecule has 0 unspecified atom stereocenters. The van der Waals surface area contributed by atoms with E-state index in [1.54, 1.807) is 11.8 Å². The third kappa shape index (κ3) is 3.61. The highest BCUT2D eigenvalue weighted by Crippen LogP contribution is 2.40. The van der Waals surface area contributed by atoms with Crippen LogP contribution in [-0.4, -0.2) is 16.6 Å². The number of aromatic nitrogens is 1. The van der Waals surface area contributed by atoms with Crippen LogP contribution >= 0.6 is 23.1 Å². The summed E-state index contributed by atoms with van der Waals surface area (Å²) in [5, 5.41) is 5.65. The number of hydrogen-bond donors (Lipinski definition) is 1. The second-order valence-corrected chi connectivity index (χ2v) is 6.91. The molecule has 0 radical (unpaired) electrons. The molecule has 1 fully saturated rings. The highest BCUT2D eigenvalue weighted by atomic mass is 32.2. The maximum absolute atomic E-state index is 11.9. The summed E-state index contributed by atoms with van der Waals surface area (Å²) >= 11 is 3.06. The maximum Gasteiger partial charge on any atom is 0.236 e. The van der Waals surface area contributed by atoms with Crippen LogP contribution in [0.1, 0.15) is 30.0 Å². The van der Waals surface area contributed by atoms with Gasteiger partial charge in [-0.3, -0.25) is 4.79 Å². The monoisotopic (exact) mass is 304 g/mol. The van der Waals surface area contributed by atoms with E-state index < -0.39 is 0 Å². The molecule has 104 valence electrons. The van der Waals surface area contributed by atoms with Gasteiger partial charge in [-0.15, -0.1) is 23.1 Å². The van der Waals surface area contributed by atoms with Crippen LogP contribution in [0.5, 0.6) is 0 Å². The number of benzene rings is 1. The lowest BCUT2D eigenvalue weighted by molar-refractivity contribution is -0.113. The minimum absolute atomic E-state index is 0.00673. The first-order valence-corrected chi connectivity index (χ1v) is 8.52. The fourth-order valence-corrected chi connectivity index (χ4v) is 3.36. The Balaban J connectivity index is 1.49. The Morgan fingerprint density at radius 3 is 2.85 bits per heavy atom. The lowest BCUT2D eigenvalue weighted by Crippen LogP contribution is -2.13. The van der Waals surface area contributed by atoms with Crippen molar-refractivity contribution in [1.82, 2.24) is 4.98 Å². The number of thioether (sulfide) groups is 1. The zero-order chi connectivity index (χ0) is 13.9. The molecule has 2 aromatic rings. The molecule has 3 rings (SSSR count). The van der Waals surface area contributed by atoms with Crippen LogP contribution in [0.3, 0.4) is 0 Å². The van der Waals surface area contributed by atoms with Crippen molar-refractivity contribution in [2.24, 2.45) is 0 Å². The van der Waals surface area contributed by atoms with Gasteiger partial charge < -0.3 is 5.32 Å². The van der Waals surface area contributed by atoms with E-state index in [9.17, 15) is 4.79 Å². The minimum atomic E-state index is 0.00673. The Kier molecular flexibility index (Phi) is 4.08. The zero-order valence-electron chi connectivity index (χ0n) is 11.3. The Labute approximate surface area is 126 Å². The Hall–Kier alpha value is -1.33.